The van der Waals surface area contributed by atoms with Crippen molar-refractivity contribution < 1.29 is 0 Å². The first-order valence-electron chi connectivity index (χ1n) is 6.16. The van der Waals surface area contributed by atoms with Crippen molar-refractivity contribution in [2.75, 3.05) is 7.05 Å². The van der Waals surface area contributed by atoms with E-state index in [1.165, 1.54) is 21.6 Å². The van der Waals surface area contributed by atoms with E-state index in [9.17, 15) is 0 Å². The molecular formula is C15H15N3S. The van der Waals surface area contributed by atoms with E-state index in [1.54, 1.807) is 11.9 Å². The zero-order valence-electron chi connectivity index (χ0n) is 10.9. The summed E-state index contributed by atoms with van der Waals surface area (Å²) in [5.74, 6) is 0. The van der Waals surface area contributed by atoms with Crippen molar-refractivity contribution in [2.45, 2.75) is 11.8 Å². The second kappa shape index (κ2) is 5.07. The van der Waals surface area contributed by atoms with Crippen molar-refractivity contribution >= 4 is 17.5 Å². The molecule has 1 aromatic carbocycles. The van der Waals surface area contributed by atoms with Gasteiger partial charge in [0.15, 0.2) is 0 Å². The zero-order valence-corrected chi connectivity index (χ0v) is 11.7. The molecule has 4 heteroatoms. The topological polar surface area (TPSA) is 29.3 Å². The van der Waals surface area contributed by atoms with E-state index < -0.39 is 0 Å². The highest BCUT2D eigenvalue weighted by Gasteiger charge is 2.06. The molecule has 0 bridgehead atoms. The van der Waals surface area contributed by atoms with Crippen molar-refractivity contribution in [3.63, 3.8) is 0 Å². The normalized spacial score (nSPS) is 11.1. The lowest BCUT2D eigenvalue weighted by Crippen LogP contribution is -1.90. The molecule has 0 aliphatic heterocycles. The van der Waals surface area contributed by atoms with E-state index in [2.05, 4.69) is 53.1 Å². The van der Waals surface area contributed by atoms with E-state index in [4.69, 9.17) is 0 Å². The third kappa shape index (κ3) is 2.37. The molecule has 0 aliphatic carbocycles. The van der Waals surface area contributed by atoms with Gasteiger partial charge < -0.3 is 0 Å². The van der Waals surface area contributed by atoms with Crippen LogP contribution in [0.5, 0.6) is 0 Å². The summed E-state index contributed by atoms with van der Waals surface area (Å²) in [5.41, 5.74) is 4.76. The van der Waals surface area contributed by atoms with Crippen LogP contribution in [-0.4, -0.2) is 16.7 Å². The number of aromatic nitrogens is 2. The molecule has 0 aliphatic rings. The van der Waals surface area contributed by atoms with Crippen molar-refractivity contribution in [2.24, 2.45) is 0 Å². The fourth-order valence-corrected chi connectivity index (χ4v) is 2.64. The van der Waals surface area contributed by atoms with E-state index in [0.29, 0.717) is 0 Å². The highest BCUT2D eigenvalue weighted by Crippen LogP contribution is 2.26. The molecule has 3 aromatic rings. The highest BCUT2D eigenvalue weighted by atomic mass is 32.2. The summed E-state index contributed by atoms with van der Waals surface area (Å²) < 4.78 is 4.99. The lowest BCUT2D eigenvalue weighted by molar-refractivity contribution is 0.958. The van der Waals surface area contributed by atoms with Crippen molar-refractivity contribution in [3.8, 4) is 11.1 Å². The predicted octanol–water partition coefficient (Wildman–Crippen LogP) is 3.54. The van der Waals surface area contributed by atoms with Crippen LogP contribution in [0, 0.1) is 6.92 Å². The van der Waals surface area contributed by atoms with Gasteiger partial charge in [-0.3, -0.25) is 4.72 Å². The lowest BCUT2D eigenvalue weighted by Gasteiger charge is -2.03. The number of fused-ring (bicyclic) bond motifs is 1. The van der Waals surface area contributed by atoms with E-state index >= 15 is 0 Å². The number of pyridine rings is 1. The Balaban J connectivity index is 2.06. The Hall–Kier alpha value is -1.78. The molecule has 0 unspecified atom stereocenters. The van der Waals surface area contributed by atoms with Crippen LogP contribution in [0.4, 0.5) is 0 Å². The maximum atomic E-state index is 4.39. The number of aryl methyl sites for hydroxylation is 1. The van der Waals surface area contributed by atoms with Crippen molar-refractivity contribution in [1.82, 2.24) is 14.3 Å². The quantitative estimate of drug-likeness (QED) is 0.737. The second-order valence-corrected chi connectivity index (χ2v) is 5.51. The predicted molar refractivity (Wildman–Crippen MR) is 80.3 cm³/mol. The SMILES string of the molecule is CNSc1ccc(-c2cnn3ccc(C)cc23)cc1. The van der Waals surface area contributed by atoms with Gasteiger partial charge in [-0.15, -0.1) is 0 Å². The fourth-order valence-electron chi connectivity index (χ4n) is 2.13. The molecule has 0 saturated carbocycles. The summed E-state index contributed by atoms with van der Waals surface area (Å²) >= 11 is 1.62. The van der Waals surface area contributed by atoms with Gasteiger partial charge in [-0.2, -0.15) is 5.10 Å². The molecule has 2 heterocycles. The van der Waals surface area contributed by atoms with Crippen molar-refractivity contribution in [3.05, 3.63) is 54.4 Å². The summed E-state index contributed by atoms with van der Waals surface area (Å²) in [6, 6.07) is 12.7. The molecule has 0 radical (unpaired) electrons. The summed E-state index contributed by atoms with van der Waals surface area (Å²) in [6.07, 6.45) is 3.92. The molecule has 1 N–H and O–H groups in total. The van der Waals surface area contributed by atoms with Crippen LogP contribution in [0.2, 0.25) is 0 Å². The van der Waals surface area contributed by atoms with Gasteiger partial charge in [0, 0.05) is 16.7 Å². The number of nitrogens with one attached hydrogen (secondary N) is 1. The lowest BCUT2D eigenvalue weighted by atomic mass is 10.1. The number of benzene rings is 1. The van der Waals surface area contributed by atoms with Gasteiger partial charge >= 0.3 is 0 Å². The van der Waals surface area contributed by atoms with E-state index in [0.717, 1.165) is 5.52 Å². The molecule has 0 spiro atoms. The Kier molecular flexibility index (Phi) is 3.27. The van der Waals surface area contributed by atoms with Gasteiger partial charge in [0.1, 0.15) is 0 Å². The van der Waals surface area contributed by atoms with Gasteiger partial charge in [-0.25, -0.2) is 4.52 Å². The summed E-state index contributed by atoms with van der Waals surface area (Å²) in [7, 11) is 1.92. The van der Waals surface area contributed by atoms with Crippen LogP contribution in [-0.2, 0) is 0 Å². The van der Waals surface area contributed by atoms with Crippen LogP contribution in [0.15, 0.2) is 53.7 Å². The number of hydrogen-bond acceptors (Lipinski definition) is 3. The summed E-state index contributed by atoms with van der Waals surface area (Å²) in [5, 5.41) is 4.39. The van der Waals surface area contributed by atoms with Crippen LogP contribution < -0.4 is 4.72 Å². The number of rotatable bonds is 3. The zero-order chi connectivity index (χ0) is 13.2. The first kappa shape index (κ1) is 12.3. The molecule has 3 rings (SSSR count). The fraction of sp³-hybridized carbons (Fsp3) is 0.133. The standard InChI is InChI=1S/C15H15N3S/c1-11-7-8-18-15(9-11)14(10-17-18)12-3-5-13(6-4-12)19-16-2/h3-10,16H,1-2H3. The highest BCUT2D eigenvalue weighted by molar-refractivity contribution is 7.97. The van der Waals surface area contributed by atoms with Gasteiger partial charge in [0.2, 0.25) is 0 Å². The van der Waals surface area contributed by atoms with Gasteiger partial charge in [0.25, 0.3) is 0 Å². The monoisotopic (exact) mass is 269 g/mol. The Morgan fingerprint density at radius 3 is 2.68 bits per heavy atom. The Labute approximate surface area is 116 Å². The summed E-state index contributed by atoms with van der Waals surface area (Å²) in [4.78, 5) is 1.21. The smallest absolute Gasteiger partial charge is 0.0742 e. The van der Waals surface area contributed by atoms with E-state index in [1.807, 2.05) is 24.0 Å². The van der Waals surface area contributed by atoms with Gasteiger partial charge in [-0.05, 0) is 61.3 Å². The molecule has 0 atom stereocenters. The average Bonchev–Trinajstić information content (AvgIpc) is 2.83. The van der Waals surface area contributed by atoms with Gasteiger partial charge in [-0.1, -0.05) is 12.1 Å². The third-order valence-electron chi connectivity index (χ3n) is 3.06. The van der Waals surface area contributed by atoms with Crippen LogP contribution >= 0.6 is 11.9 Å². The van der Waals surface area contributed by atoms with Crippen molar-refractivity contribution in [1.29, 1.82) is 0 Å². The minimum absolute atomic E-state index is 1.15. The number of nitrogens with zero attached hydrogens (tertiary/aromatic N) is 2. The van der Waals surface area contributed by atoms with Crippen LogP contribution in [0.3, 0.4) is 0 Å². The molecule has 0 saturated heterocycles. The maximum Gasteiger partial charge on any atom is 0.0742 e. The largest absolute Gasteiger partial charge is 0.263 e. The molecule has 2 aromatic heterocycles. The Bertz CT molecular complexity index is 701. The minimum Gasteiger partial charge on any atom is -0.263 e. The summed E-state index contributed by atoms with van der Waals surface area (Å²) in [6.45, 7) is 2.10. The molecule has 3 nitrogen and oxygen atoms in total. The third-order valence-corrected chi connectivity index (χ3v) is 3.77. The Morgan fingerprint density at radius 1 is 1.16 bits per heavy atom. The van der Waals surface area contributed by atoms with Crippen LogP contribution in [0.25, 0.3) is 16.6 Å². The number of hydrogen-bond donors (Lipinski definition) is 1. The van der Waals surface area contributed by atoms with Crippen LogP contribution in [0.1, 0.15) is 5.56 Å². The molecule has 0 amide bonds. The average molecular weight is 269 g/mol. The molecule has 0 fully saturated rings. The molecule has 19 heavy (non-hydrogen) atoms. The Morgan fingerprint density at radius 2 is 1.95 bits per heavy atom. The van der Waals surface area contributed by atoms with E-state index in [-0.39, 0.29) is 0 Å². The first-order chi connectivity index (χ1) is 9.28. The first-order valence-corrected chi connectivity index (χ1v) is 6.97. The van der Waals surface area contributed by atoms with Gasteiger partial charge in [0.05, 0.1) is 11.7 Å². The molecular weight excluding hydrogens is 254 g/mol. The minimum atomic E-state index is 1.15. The maximum absolute atomic E-state index is 4.39. The second-order valence-electron chi connectivity index (χ2n) is 4.42. The molecule has 96 valence electrons.